The molecule has 4 heterocycles. The van der Waals surface area contributed by atoms with Gasteiger partial charge >= 0.3 is 0 Å². The normalized spacial score (nSPS) is 12.3. The Morgan fingerprint density at radius 3 is 2.44 bits per heavy atom. The lowest BCUT2D eigenvalue weighted by molar-refractivity contribution is 0.103. The van der Waals surface area contributed by atoms with Crippen LogP contribution in [0.5, 0.6) is 0 Å². The van der Waals surface area contributed by atoms with Gasteiger partial charge in [0.2, 0.25) is 5.78 Å². The van der Waals surface area contributed by atoms with Crippen molar-refractivity contribution in [3.63, 3.8) is 0 Å². The molecule has 4 aromatic heterocycles. The van der Waals surface area contributed by atoms with E-state index in [9.17, 15) is 9.00 Å². The van der Waals surface area contributed by atoms with E-state index in [0.29, 0.717) is 16.1 Å². The molecule has 7 rings (SSSR count). The third-order valence-electron chi connectivity index (χ3n) is 7.51. The van der Waals surface area contributed by atoms with Crippen LogP contribution in [0.3, 0.4) is 0 Å². The number of anilines is 1. The van der Waals surface area contributed by atoms with Gasteiger partial charge in [0, 0.05) is 22.8 Å². The number of imidazole rings is 1. The first kappa shape index (κ1) is 26.5. The number of H-pyrrole nitrogens is 1. The van der Waals surface area contributed by atoms with Crippen LogP contribution in [-0.4, -0.2) is 38.7 Å². The van der Waals surface area contributed by atoms with Gasteiger partial charge in [0.1, 0.15) is 17.3 Å². The van der Waals surface area contributed by atoms with Crippen LogP contribution >= 0.6 is 0 Å². The van der Waals surface area contributed by atoms with Crippen LogP contribution in [0.4, 0.5) is 5.82 Å². The number of ketones is 1. The number of carbonyl (C=O) groups excluding carboxylic acids is 1. The van der Waals surface area contributed by atoms with E-state index in [1.54, 1.807) is 10.0 Å². The summed E-state index contributed by atoms with van der Waals surface area (Å²) in [6.07, 6.45) is 3.27. The second kappa shape index (κ2) is 10.2. The Bertz CT molecular complexity index is 2210. The van der Waals surface area contributed by atoms with Crippen molar-refractivity contribution >= 4 is 44.5 Å². The fourth-order valence-corrected chi connectivity index (χ4v) is 6.46. The predicted octanol–water partition coefficient (Wildman–Crippen LogP) is 6.07. The largest absolute Gasteiger partial charge is 0.383 e. The van der Waals surface area contributed by atoms with Crippen LogP contribution < -0.4 is 5.73 Å². The summed E-state index contributed by atoms with van der Waals surface area (Å²) >= 11 is 0. The van der Waals surface area contributed by atoms with Crippen molar-refractivity contribution in [3.05, 3.63) is 120 Å². The van der Waals surface area contributed by atoms with Crippen LogP contribution in [-0.2, 0) is 11.0 Å². The maximum absolute atomic E-state index is 14.2. The molecule has 1 atom stereocenters. The van der Waals surface area contributed by atoms with Gasteiger partial charge < -0.3 is 10.7 Å². The smallest absolute Gasteiger partial charge is 0.215 e. The highest BCUT2D eigenvalue weighted by atomic mass is 32.2. The molecule has 0 saturated carbocycles. The topological polar surface area (TPSA) is 124 Å². The van der Waals surface area contributed by atoms with E-state index in [4.69, 9.17) is 5.73 Å². The van der Waals surface area contributed by atoms with E-state index in [1.807, 2.05) is 99.8 Å². The van der Waals surface area contributed by atoms with Gasteiger partial charge in [-0.1, -0.05) is 35.9 Å². The predicted molar refractivity (Wildman–Crippen MR) is 169 cm³/mol. The summed E-state index contributed by atoms with van der Waals surface area (Å²) in [5, 5.41) is 5.22. The molecule has 0 bridgehead atoms. The van der Waals surface area contributed by atoms with Crippen LogP contribution in [0.1, 0.15) is 33.1 Å². The molecule has 0 aliphatic rings. The van der Waals surface area contributed by atoms with E-state index >= 15 is 0 Å². The molecule has 9 nitrogen and oxygen atoms in total. The highest BCUT2D eigenvalue weighted by molar-refractivity contribution is 7.83. The van der Waals surface area contributed by atoms with Gasteiger partial charge in [-0.15, -0.1) is 0 Å². The van der Waals surface area contributed by atoms with E-state index in [2.05, 4.69) is 20.1 Å². The molecule has 0 amide bonds. The molecule has 3 aromatic carbocycles. The first-order valence-electron chi connectivity index (χ1n) is 13.7. The lowest BCUT2D eigenvalue weighted by Crippen LogP contribution is -2.15. The second-order valence-corrected chi connectivity index (χ2v) is 11.9. The van der Waals surface area contributed by atoms with Crippen molar-refractivity contribution in [2.45, 2.75) is 25.7 Å². The van der Waals surface area contributed by atoms with Crippen molar-refractivity contribution in [1.82, 2.24) is 28.7 Å². The van der Waals surface area contributed by atoms with Crippen LogP contribution in [0, 0.1) is 20.8 Å². The van der Waals surface area contributed by atoms with Crippen molar-refractivity contribution in [2.24, 2.45) is 0 Å². The number of hydrogen-bond donors (Lipinski definition) is 2. The van der Waals surface area contributed by atoms with Crippen LogP contribution in [0.25, 0.3) is 38.8 Å². The molecular weight excluding hydrogens is 558 g/mol. The Morgan fingerprint density at radius 2 is 1.67 bits per heavy atom. The Labute approximate surface area is 249 Å². The molecule has 0 radical (unpaired) electrons. The van der Waals surface area contributed by atoms with E-state index < -0.39 is 11.0 Å². The Kier molecular flexibility index (Phi) is 6.28. The number of hydrogen-bond acceptors (Lipinski definition) is 6. The van der Waals surface area contributed by atoms with Crippen molar-refractivity contribution in [2.75, 3.05) is 5.73 Å². The van der Waals surface area contributed by atoms with Crippen molar-refractivity contribution < 1.29 is 9.00 Å². The quantitative estimate of drug-likeness (QED) is 0.228. The van der Waals surface area contributed by atoms with Crippen LogP contribution in [0.15, 0.2) is 96.2 Å². The third kappa shape index (κ3) is 4.61. The van der Waals surface area contributed by atoms with Gasteiger partial charge in [-0.2, -0.15) is 5.10 Å². The van der Waals surface area contributed by atoms with Crippen molar-refractivity contribution in [3.8, 4) is 16.8 Å². The fourth-order valence-electron chi connectivity index (χ4n) is 5.23. The molecule has 1 unspecified atom stereocenters. The maximum Gasteiger partial charge on any atom is 0.215 e. The molecule has 3 N–H and O–H groups in total. The molecule has 0 aliphatic carbocycles. The first-order chi connectivity index (χ1) is 20.8. The monoisotopic (exact) mass is 585 g/mol. The van der Waals surface area contributed by atoms with E-state index in [1.165, 1.54) is 10.9 Å². The summed E-state index contributed by atoms with van der Waals surface area (Å²) in [5.41, 5.74) is 13.8. The summed E-state index contributed by atoms with van der Waals surface area (Å²) in [7, 11) is -1.72. The zero-order valence-electron chi connectivity index (χ0n) is 23.7. The number of benzene rings is 3. The summed E-state index contributed by atoms with van der Waals surface area (Å²) in [6, 6.07) is 24.6. The molecule has 0 fully saturated rings. The minimum Gasteiger partial charge on any atom is -0.383 e. The van der Waals surface area contributed by atoms with Gasteiger partial charge in [0.15, 0.2) is 11.0 Å². The molecule has 43 heavy (non-hydrogen) atoms. The number of nitrogens with one attached hydrogen (secondary N) is 1. The lowest BCUT2D eigenvalue weighted by Gasteiger charge is -2.11. The number of carbonyl (C=O) groups is 1. The van der Waals surface area contributed by atoms with Crippen LogP contribution in [0.2, 0.25) is 0 Å². The number of nitrogens with zero attached hydrogens (tertiary/aromatic N) is 5. The van der Waals surface area contributed by atoms with Gasteiger partial charge in [0.05, 0.1) is 38.9 Å². The number of aromatic amines is 1. The number of aryl methyl sites for hydroxylation is 3. The van der Waals surface area contributed by atoms with Gasteiger partial charge in [-0.05, 0) is 74.9 Å². The average Bonchev–Trinajstić information content (AvgIpc) is 3.70. The Hall–Kier alpha value is -5.35. The summed E-state index contributed by atoms with van der Waals surface area (Å²) < 4.78 is 17.3. The second-order valence-electron chi connectivity index (χ2n) is 10.6. The number of aromatic nitrogens is 6. The summed E-state index contributed by atoms with van der Waals surface area (Å²) in [6.45, 7) is 5.80. The number of pyridine rings is 1. The SMILES string of the molecule is Cc1ccc(S(=O)n2c(C(=O)c3cnn(-c4ccc5nc(C)[nH]c5c4)c3N)cc3ccc(-c4ccc(C)nc4)cc32)cc1. The Morgan fingerprint density at radius 1 is 0.884 bits per heavy atom. The summed E-state index contributed by atoms with van der Waals surface area (Å²) in [5.74, 6) is 0.606. The highest BCUT2D eigenvalue weighted by Gasteiger charge is 2.26. The zero-order valence-corrected chi connectivity index (χ0v) is 24.5. The number of nitrogens with two attached hydrogens (primary N) is 1. The molecule has 212 valence electrons. The highest BCUT2D eigenvalue weighted by Crippen LogP contribution is 2.31. The molecule has 10 heteroatoms. The standard InChI is InChI=1S/C33H27N7O2S/c1-19-4-11-26(12-5-19)43(42)40-30-14-22(24-7-6-20(2)35-17-24)8-9-23(30)15-31(40)32(41)27-18-36-39(33(27)34)25-10-13-28-29(16-25)38-21(3)37-28/h4-18H,34H2,1-3H3,(H,37,38). The zero-order chi connectivity index (χ0) is 29.8. The minimum atomic E-state index is -1.72. The van der Waals surface area contributed by atoms with Gasteiger partial charge in [0.25, 0.3) is 0 Å². The maximum atomic E-state index is 14.2. The molecular formula is C33H27N7O2S. The lowest BCUT2D eigenvalue weighted by atomic mass is 10.1. The van der Waals surface area contributed by atoms with Gasteiger partial charge in [-0.3, -0.25) is 13.8 Å². The van der Waals surface area contributed by atoms with Crippen molar-refractivity contribution in [1.29, 1.82) is 0 Å². The van der Waals surface area contributed by atoms with E-state index in [-0.39, 0.29) is 22.9 Å². The third-order valence-corrected chi connectivity index (χ3v) is 8.91. The molecule has 7 aromatic rings. The minimum absolute atomic E-state index is 0.185. The molecule has 0 saturated heterocycles. The Balaban J connectivity index is 1.36. The molecule has 0 spiro atoms. The fraction of sp³-hybridized carbons (Fsp3) is 0.0909. The molecule has 0 aliphatic heterocycles. The number of fused-ring (bicyclic) bond motifs is 2. The van der Waals surface area contributed by atoms with E-state index in [0.717, 1.165) is 44.6 Å². The van der Waals surface area contributed by atoms with Gasteiger partial charge in [-0.25, -0.2) is 13.9 Å². The number of rotatable bonds is 6. The first-order valence-corrected chi connectivity index (χ1v) is 14.8. The number of nitrogen functional groups attached to an aromatic ring is 1. The summed E-state index contributed by atoms with van der Waals surface area (Å²) in [4.78, 5) is 26.8. The average molecular weight is 586 g/mol.